The summed E-state index contributed by atoms with van der Waals surface area (Å²) in [5, 5.41) is 67.7. The van der Waals surface area contributed by atoms with Crippen LogP contribution < -0.4 is 81.4 Å². The summed E-state index contributed by atoms with van der Waals surface area (Å²) in [5.41, 5.74) is 22.8. The quantitative estimate of drug-likeness (QED) is 0.0378. The van der Waals surface area contributed by atoms with Crippen LogP contribution in [0.15, 0.2) is 0 Å². The Bertz CT molecular complexity index is 1900. The van der Waals surface area contributed by atoms with Gasteiger partial charge in [-0.3, -0.25) is 52.7 Å². The molecule has 0 bridgehead atoms. The second-order valence-corrected chi connectivity index (χ2v) is 18.1. The summed E-state index contributed by atoms with van der Waals surface area (Å²) in [6.07, 6.45) is -1.59. The Kier molecular flexibility index (Phi) is 32.0. The number of nitrogens with two attached hydrogens (primary N) is 4. The highest BCUT2D eigenvalue weighted by Gasteiger charge is 2.37. The summed E-state index contributed by atoms with van der Waals surface area (Å²) in [7, 11) is 0. The van der Waals surface area contributed by atoms with Gasteiger partial charge in [0.2, 0.25) is 65.0 Å². The van der Waals surface area contributed by atoms with E-state index in [0.717, 1.165) is 46.5 Å². The van der Waals surface area contributed by atoms with Crippen molar-refractivity contribution in [2.75, 3.05) is 45.9 Å². The average Bonchev–Trinajstić information content (AvgIpc) is 3.35. The lowest BCUT2D eigenvalue weighted by Gasteiger charge is -2.28. The van der Waals surface area contributed by atoms with Crippen LogP contribution in [0.3, 0.4) is 0 Å². The van der Waals surface area contributed by atoms with Crippen molar-refractivity contribution in [1.29, 1.82) is 0 Å². The average molecular weight is 1070 g/mol. The zero-order chi connectivity index (χ0) is 56.8. The smallest absolute Gasteiger partial charge is 0.245 e. The topological polar surface area (TPSA) is 505 Å². The van der Waals surface area contributed by atoms with Crippen molar-refractivity contribution in [3.63, 3.8) is 0 Å². The Balaban J connectivity index is 3.59. The lowest BCUT2D eigenvalue weighted by atomic mass is 10.1. The van der Waals surface area contributed by atoms with E-state index in [0.29, 0.717) is 6.42 Å². The molecule has 12 atom stereocenters. The molecule has 0 spiro atoms. The zero-order valence-electron chi connectivity index (χ0n) is 43.2. The molecule has 30 heteroatoms. The van der Waals surface area contributed by atoms with E-state index >= 15 is 0 Å². The molecule has 0 aromatic rings. The molecular formula is C45H83N15O15. The molecule has 11 amide bonds. The first-order valence-corrected chi connectivity index (χ1v) is 25.2. The van der Waals surface area contributed by atoms with Gasteiger partial charge in [-0.05, 0) is 85.5 Å². The minimum absolute atomic E-state index is 0.0414. The first-order chi connectivity index (χ1) is 35.5. The van der Waals surface area contributed by atoms with Gasteiger partial charge in [0, 0.05) is 13.0 Å². The van der Waals surface area contributed by atoms with Crippen molar-refractivity contribution < 1.29 is 73.2 Å². The Morgan fingerprint density at radius 2 is 1.12 bits per heavy atom. The molecule has 0 aliphatic carbocycles. The molecule has 1 aliphatic heterocycles. The number of amides is 11. The fraction of sp³-hybridized carbons (Fsp3) is 0.756. The summed E-state index contributed by atoms with van der Waals surface area (Å²) in [6, 6.07) is -14.5. The molecular weight excluding hydrogens is 991 g/mol. The van der Waals surface area contributed by atoms with Crippen LogP contribution in [0.25, 0.3) is 0 Å². The van der Waals surface area contributed by atoms with Gasteiger partial charge in [-0.2, -0.15) is 0 Å². The molecule has 1 aliphatic rings. The Morgan fingerprint density at radius 3 is 1.65 bits per heavy atom. The van der Waals surface area contributed by atoms with Crippen LogP contribution in [0.2, 0.25) is 0 Å². The maximum atomic E-state index is 14.0. The number of carbonyl (C=O) groups is 11. The van der Waals surface area contributed by atoms with Gasteiger partial charge >= 0.3 is 0 Å². The van der Waals surface area contributed by atoms with Gasteiger partial charge in [0.05, 0.1) is 31.5 Å². The third kappa shape index (κ3) is 24.4. The molecule has 0 aromatic carbocycles. The summed E-state index contributed by atoms with van der Waals surface area (Å²) in [5.74, 6) is -10.9. The summed E-state index contributed by atoms with van der Waals surface area (Å²) in [4.78, 5) is 148. The lowest BCUT2D eigenvalue weighted by molar-refractivity contribution is -0.137. The monoisotopic (exact) mass is 1070 g/mol. The number of nitrogens with one attached hydrogen (secondary N) is 11. The molecule has 428 valence electrons. The van der Waals surface area contributed by atoms with Gasteiger partial charge < -0.3 is 102 Å². The second kappa shape index (κ2) is 35.9. The van der Waals surface area contributed by atoms with E-state index < -0.39 is 164 Å². The lowest BCUT2D eigenvalue weighted by Crippen LogP contribution is -2.62. The van der Waals surface area contributed by atoms with Crippen LogP contribution >= 0.6 is 0 Å². The fourth-order valence-corrected chi connectivity index (χ4v) is 7.39. The molecule has 0 aromatic heterocycles. The maximum absolute atomic E-state index is 14.0. The van der Waals surface area contributed by atoms with E-state index in [9.17, 15) is 73.2 Å². The highest BCUT2D eigenvalue weighted by atomic mass is 16.3. The minimum atomic E-state index is -1.89. The van der Waals surface area contributed by atoms with Gasteiger partial charge in [0.25, 0.3) is 0 Å². The predicted molar refractivity (Wildman–Crippen MR) is 268 cm³/mol. The first kappa shape index (κ1) is 66.9. The van der Waals surface area contributed by atoms with Crippen LogP contribution in [-0.2, 0) is 52.7 Å². The standard InChI is InChI=1S/C45H83N15O15/c1-5-6-7-8-9-10-32(65)52-27(12-17-47)40(70)60-36(25(4)64)45(75)57-31(22-61)42(72)55-30-15-20-50-43(73)34(23(2)62)59-41(71)29(14-19-49)54-38(68)28(13-18-48)56-44(74)35(24(3)63)58-33(66)21-51-37(67)26(11-16-46)53-39(30)69/h23-31,34-36,61-64H,5-22,46-49H2,1-4H3,(H,50,73)(H,51,67)(H,52,65)(H,53,69)(H,54,68)(H,55,72)(H,56,74)(H,57,75)(H,58,66)(H,59,71)(H,60,70)/t23-,24-,25-,26+,27+,28+,29+,30+,31?,34+,35+,36+/m1/s1. The van der Waals surface area contributed by atoms with Crippen LogP contribution in [-0.4, -0.2) is 204 Å². The maximum Gasteiger partial charge on any atom is 0.245 e. The molecule has 1 saturated heterocycles. The SMILES string of the molecule is CCCCCCCC(=O)N[C@@H](CCN)C(=O)N[C@H](C(=O)NC(CO)C(=O)N[C@H]1CCNC(=O)[C@H]([C@@H](C)O)NC(=O)[C@H](CCN)NC(=O)[C@H](CCN)NC(=O)[C@H]([C@@H](C)O)NC(=O)CNC(=O)[C@H](CCN)NC1=O)[C@@H](C)O. The normalized spacial score (nSPS) is 23.3. The van der Waals surface area contributed by atoms with E-state index in [2.05, 4.69) is 58.5 Å². The third-order valence-corrected chi connectivity index (χ3v) is 11.7. The molecule has 30 nitrogen and oxygen atoms in total. The highest BCUT2D eigenvalue weighted by Crippen LogP contribution is 2.08. The Morgan fingerprint density at radius 1 is 0.587 bits per heavy atom. The van der Waals surface area contributed by atoms with Gasteiger partial charge in [0.1, 0.15) is 54.4 Å². The Hall–Kier alpha value is -6.15. The number of aliphatic hydroxyl groups is 4. The molecule has 23 N–H and O–H groups in total. The van der Waals surface area contributed by atoms with Crippen molar-refractivity contribution in [3.8, 4) is 0 Å². The third-order valence-electron chi connectivity index (χ3n) is 11.7. The van der Waals surface area contributed by atoms with Crippen molar-refractivity contribution in [3.05, 3.63) is 0 Å². The van der Waals surface area contributed by atoms with Gasteiger partial charge in [-0.15, -0.1) is 0 Å². The van der Waals surface area contributed by atoms with Crippen LogP contribution in [0, 0.1) is 0 Å². The second-order valence-electron chi connectivity index (χ2n) is 18.1. The fourth-order valence-electron chi connectivity index (χ4n) is 7.39. The van der Waals surface area contributed by atoms with Crippen molar-refractivity contribution in [2.24, 2.45) is 22.9 Å². The number of carbonyl (C=O) groups excluding carboxylic acids is 11. The van der Waals surface area contributed by atoms with E-state index in [1.54, 1.807) is 0 Å². The number of hydrogen-bond donors (Lipinski definition) is 19. The highest BCUT2D eigenvalue weighted by molar-refractivity contribution is 5.98. The zero-order valence-corrected chi connectivity index (χ0v) is 43.2. The molecule has 0 saturated carbocycles. The van der Waals surface area contributed by atoms with Crippen LogP contribution in [0.4, 0.5) is 0 Å². The summed E-state index contributed by atoms with van der Waals surface area (Å²) >= 11 is 0. The van der Waals surface area contributed by atoms with E-state index in [4.69, 9.17) is 22.9 Å². The molecule has 0 radical (unpaired) electrons. The van der Waals surface area contributed by atoms with Gasteiger partial charge in [-0.25, -0.2) is 0 Å². The van der Waals surface area contributed by atoms with Gasteiger partial charge in [-0.1, -0.05) is 32.6 Å². The molecule has 1 rings (SSSR count). The molecule has 75 heavy (non-hydrogen) atoms. The summed E-state index contributed by atoms with van der Waals surface area (Å²) in [6.45, 7) is 2.41. The van der Waals surface area contributed by atoms with E-state index in [1.807, 2.05) is 6.92 Å². The van der Waals surface area contributed by atoms with E-state index in [-0.39, 0.29) is 58.3 Å². The predicted octanol–water partition coefficient (Wildman–Crippen LogP) is -9.12. The largest absolute Gasteiger partial charge is 0.394 e. The minimum Gasteiger partial charge on any atom is -0.394 e. The van der Waals surface area contributed by atoms with Crippen molar-refractivity contribution in [1.82, 2.24) is 58.5 Å². The number of aliphatic hydroxyl groups excluding tert-OH is 4. The van der Waals surface area contributed by atoms with Crippen LogP contribution in [0.1, 0.15) is 98.3 Å². The Labute approximate surface area is 435 Å². The number of rotatable bonds is 25. The molecule has 1 fully saturated rings. The summed E-state index contributed by atoms with van der Waals surface area (Å²) < 4.78 is 0. The molecule has 1 heterocycles. The number of unbranched alkanes of at least 4 members (excludes halogenated alkanes) is 4. The number of hydrogen-bond acceptors (Lipinski definition) is 19. The van der Waals surface area contributed by atoms with Crippen molar-refractivity contribution in [2.45, 2.75) is 171 Å². The first-order valence-electron chi connectivity index (χ1n) is 25.2. The van der Waals surface area contributed by atoms with E-state index in [1.165, 1.54) is 0 Å². The van der Waals surface area contributed by atoms with Gasteiger partial charge in [0.15, 0.2) is 0 Å². The van der Waals surface area contributed by atoms with Crippen LogP contribution in [0.5, 0.6) is 0 Å². The molecule has 1 unspecified atom stereocenters. The van der Waals surface area contributed by atoms with Crippen molar-refractivity contribution >= 4 is 65.0 Å².